The van der Waals surface area contributed by atoms with E-state index in [1.165, 1.54) is 11.1 Å². The lowest BCUT2D eigenvalue weighted by molar-refractivity contribution is -0.276. The van der Waals surface area contributed by atoms with E-state index in [1.807, 2.05) is 0 Å². The third-order valence-electron chi connectivity index (χ3n) is 1.89. The molecule has 0 aliphatic carbocycles. The van der Waals surface area contributed by atoms with Crippen LogP contribution in [0.5, 0.6) is 5.88 Å². The second kappa shape index (κ2) is 4.83. The van der Waals surface area contributed by atoms with Gasteiger partial charge in [0.2, 0.25) is 5.88 Å². The first-order chi connectivity index (χ1) is 8.54. The van der Waals surface area contributed by atoms with Gasteiger partial charge in [0.15, 0.2) is 0 Å². The summed E-state index contributed by atoms with van der Waals surface area (Å²) in [4.78, 5) is 12.4. The van der Waals surface area contributed by atoms with Gasteiger partial charge in [0.1, 0.15) is 0 Å². The number of rotatable bonds is 2. The number of nitrogens with one attached hydrogen (secondary N) is 1. The number of ether oxygens (including phenoxy) is 1. The number of pyridine rings is 1. The number of hydrogen-bond donors (Lipinski definition) is 1. The number of H-pyrrole nitrogens is 1. The number of hydrogen-bond acceptors (Lipinski definition) is 3. The van der Waals surface area contributed by atoms with E-state index in [-0.39, 0.29) is 6.07 Å². The van der Waals surface area contributed by atoms with Crippen LogP contribution in [0.1, 0.15) is 11.1 Å². The average Bonchev–Trinajstić information content (AvgIpc) is 2.17. The molecule has 4 nitrogen and oxygen atoms in total. The fourth-order valence-corrected chi connectivity index (χ4v) is 1.27. The molecule has 0 amide bonds. The molecule has 0 fully saturated rings. The van der Waals surface area contributed by atoms with Crippen molar-refractivity contribution < 1.29 is 31.1 Å². The van der Waals surface area contributed by atoms with Crippen LogP contribution >= 0.6 is 0 Å². The van der Waals surface area contributed by atoms with Crippen LogP contribution < -0.4 is 10.3 Å². The Hall–Kier alpha value is -2.18. The largest absolute Gasteiger partial charge is 0.574 e. The van der Waals surface area contributed by atoms with Crippen molar-refractivity contribution in [3.8, 4) is 11.9 Å². The minimum atomic E-state index is -5.29. The van der Waals surface area contributed by atoms with Crippen molar-refractivity contribution in [2.24, 2.45) is 0 Å². The van der Waals surface area contributed by atoms with Crippen molar-refractivity contribution in [2.45, 2.75) is 19.0 Å². The molecular weight excluding hydrogens is 282 g/mol. The van der Waals surface area contributed by atoms with Crippen molar-refractivity contribution in [2.75, 3.05) is 0 Å². The van der Waals surface area contributed by atoms with Gasteiger partial charge in [0, 0.05) is 11.6 Å². The Morgan fingerprint density at radius 1 is 1.26 bits per heavy atom. The molecule has 1 rings (SSSR count). The van der Waals surface area contributed by atoms with Gasteiger partial charge in [0.05, 0.1) is 18.1 Å². The summed E-state index contributed by atoms with van der Waals surface area (Å²) in [5.41, 5.74) is -4.14. The third-order valence-corrected chi connectivity index (χ3v) is 1.89. The second-order valence-electron chi connectivity index (χ2n) is 3.24. The topological polar surface area (TPSA) is 65.9 Å². The molecule has 0 aliphatic rings. The number of nitrogens with zero attached hydrogens (tertiary/aromatic N) is 1. The molecule has 0 bridgehead atoms. The highest BCUT2D eigenvalue weighted by molar-refractivity contribution is 5.38. The van der Waals surface area contributed by atoms with Gasteiger partial charge in [-0.25, -0.2) is 0 Å². The maximum atomic E-state index is 12.6. The second-order valence-corrected chi connectivity index (χ2v) is 3.24. The van der Waals surface area contributed by atoms with Gasteiger partial charge in [-0.1, -0.05) is 0 Å². The molecule has 0 spiro atoms. The first-order valence-electron chi connectivity index (χ1n) is 4.50. The molecule has 0 aromatic carbocycles. The van der Waals surface area contributed by atoms with Crippen LogP contribution in [0.25, 0.3) is 0 Å². The first kappa shape index (κ1) is 14.9. The van der Waals surface area contributed by atoms with Crippen LogP contribution in [-0.4, -0.2) is 11.3 Å². The zero-order chi connectivity index (χ0) is 14.8. The average molecular weight is 286 g/mol. The molecule has 1 heterocycles. The van der Waals surface area contributed by atoms with Gasteiger partial charge in [-0.05, 0) is 0 Å². The van der Waals surface area contributed by atoms with Crippen LogP contribution in [0.3, 0.4) is 0 Å². The summed E-state index contributed by atoms with van der Waals surface area (Å²) in [7, 11) is 0. The summed E-state index contributed by atoms with van der Waals surface area (Å²) < 4.78 is 77.0. The summed E-state index contributed by atoms with van der Waals surface area (Å²) in [6, 6.07) is 1.34. The van der Waals surface area contributed by atoms with E-state index in [4.69, 9.17) is 5.26 Å². The molecule has 0 aliphatic heterocycles. The highest BCUT2D eigenvalue weighted by Gasteiger charge is 2.38. The molecule has 104 valence electrons. The quantitative estimate of drug-likeness (QED) is 0.849. The Morgan fingerprint density at radius 2 is 1.84 bits per heavy atom. The molecule has 0 saturated carbocycles. The van der Waals surface area contributed by atoms with Gasteiger partial charge >= 0.3 is 12.5 Å². The van der Waals surface area contributed by atoms with E-state index >= 15 is 0 Å². The predicted molar refractivity (Wildman–Crippen MR) is 48.1 cm³/mol. The molecular formula is C9H4F6N2O2. The van der Waals surface area contributed by atoms with Crippen LogP contribution in [0.15, 0.2) is 10.9 Å². The highest BCUT2D eigenvalue weighted by Crippen LogP contribution is 2.35. The number of aromatic amines is 1. The fourth-order valence-electron chi connectivity index (χ4n) is 1.27. The SMILES string of the molecule is N#CCc1c(C(F)(F)F)cc(=O)[nH]c1OC(F)(F)F. The highest BCUT2D eigenvalue weighted by atomic mass is 19.4. The smallest absolute Gasteiger partial charge is 0.389 e. The maximum Gasteiger partial charge on any atom is 0.574 e. The number of halogens is 6. The summed E-state index contributed by atoms with van der Waals surface area (Å²) in [5, 5.41) is 8.36. The van der Waals surface area contributed by atoms with Crippen LogP contribution in [0.2, 0.25) is 0 Å². The van der Waals surface area contributed by atoms with Crippen molar-refractivity contribution in [3.05, 3.63) is 27.5 Å². The fraction of sp³-hybridized carbons (Fsp3) is 0.333. The van der Waals surface area contributed by atoms with Crippen molar-refractivity contribution in [1.82, 2.24) is 4.98 Å². The van der Waals surface area contributed by atoms with Gasteiger partial charge in [-0.3, -0.25) is 9.78 Å². The van der Waals surface area contributed by atoms with E-state index in [2.05, 4.69) is 4.74 Å². The molecule has 1 N–H and O–H groups in total. The molecule has 0 unspecified atom stereocenters. The van der Waals surface area contributed by atoms with Gasteiger partial charge in [-0.15, -0.1) is 13.2 Å². The van der Waals surface area contributed by atoms with Crippen molar-refractivity contribution in [3.63, 3.8) is 0 Å². The molecule has 0 atom stereocenters. The molecule has 1 aromatic rings. The Balaban J connectivity index is 3.50. The molecule has 0 radical (unpaired) electrons. The lowest BCUT2D eigenvalue weighted by atomic mass is 10.1. The zero-order valence-electron chi connectivity index (χ0n) is 8.82. The van der Waals surface area contributed by atoms with E-state index in [9.17, 15) is 31.1 Å². The van der Waals surface area contributed by atoms with Gasteiger partial charge in [0.25, 0.3) is 5.56 Å². The Bertz CT molecular complexity index is 566. The summed E-state index contributed by atoms with van der Waals surface area (Å²) >= 11 is 0. The summed E-state index contributed by atoms with van der Waals surface area (Å²) in [5.74, 6) is -1.44. The van der Waals surface area contributed by atoms with Crippen molar-refractivity contribution in [1.29, 1.82) is 5.26 Å². The van der Waals surface area contributed by atoms with E-state index in [1.54, 1.807) is 0 Å². The van der Waals surface area contributed by atoms with Crippen molar-refractivity contribution >= 4 is 0 Å². The minimum Gasteiger partial charge on any atom is -0.389 e. The Morgan fingerprint density at radius 3 is 2.26 bits per heavy atom. The normalized spacial score (nSPS) is 12.1. The lowest BCUT2D eigenvalue weighted by Gasteiger charge is -2.15. The summed E-state index contributed by atoms with van der Waals surface area (Å²) in [6.07, 6.45) is -11.4. The standard InChI is InChI=1S/C9H4F6N2O2/c10-8(11,12)5-3-6(18)17-7(4(5)1-2-16)19-9(13,14)15/h3H,1H2,(H,17,18). The first-order valence-corrected chi connectivity index (χ1v) is 4.50. The number of aromatic nitrogens is 1. The maximum absolute atomic E-state index is 12.6. The monoisotopic (exact) mass is 286 g/mol. The molecule has 0 saturated heterocycles. The minimum absolute atomic E-state index is 0.0654. The van der Waals surface area contributed by atoms with Crippen LogP contribution in [0, 0.1) is 11.3 Å². The molecule has 10 heteroatoms. The Kier molecular flexibility index (Phi) is 3.78. The predicted octanol–water partition coefficient (Wildman–Crippen LogP) is 2.36. The molecule has 1 aromatic heterocycles. The lowest BCUT2D eigenvalue weighted by Crippen LogP contribution is -2.24. The number of nitriles is 1. The van der Waals surface area contributed by atoms with E-state index in [0.29, 0.717) is 0 Å². The van der Waals surface area contributed by atoms with Crippen LogP contribution in [0.4, 0.5) is 26.3 Å². The molecule has 19 heavy (non-hydrogen) atoms. The van der Waals surface area contributed by atoms with E-state index < -0.39 is 41.5 Å². The van der Waals surface area contributed by atoms with Crippen LogP contribution in [-0.2, 0) is 12.6 Å². The van der Waals surface area contributed by atoms with Gasteiger partial charge in [-0.2, -0.15) is 18.4 Å². The third kappa shape index (κ3) is 3.90. The zero-order valence-corrected chi connectivity index (χ0v) is 8.82. The number of alkyl halides is 6. The van der Waals surface area contributed by atoms with E-state index in [0.717, 1.165) is 0 Å². The van der Waals surface area contributed by atoms with Gasteiger partial charge < -0.3 is 4.74 Å². The summed E-state index contributed by atoms with van der Waals surface area (Å²) in [6.45, 7) is 0. The Labute approximate surface area is 101 Å².